The molecule has 3 rings (SSSR count). The highest BCUT2D eigenvalue weighted by Gasteiger charge is 2.27. The molecule has 94 valence electrons. The molecule has 3 heteroatoms. The summed E-state index contributed by atoms with van der Waals surface area (Å²) in [5, 5.41) is 4.68. The third kappa shape index (κ3) is 2.18. The summed E-state index contributed by atoms with van der Waals surface area (Å²) in [5.74, 6) is 0.947. The highest BCUT2D eigenvalue weighted by Crippen LogP contribution is 2.25. The van der Waals surface area contributed by atoms with Gasteiger partial charge in [-0.3, -0.25) is 0 Å². The van der Waals surface area contributed by atoms with Gasteiger partial charge < -0.3 is 10.1 Å². The summed E-state index contributed by atoms with van der Waals surface area (Å²) in [6, 6.07) is 12.7. The van der Waals surface area contributed by atoms with Crippen molar-refractivity contribution in [2.45, 2.75) is 31.4 Å². The molecule has 3 nitrogen and oxygen atoms in total. The van der Waals surface area contributed by atoms with Crippen molar-refractivity contribution < 1.29 is 4.74 Å². The van der Waals surface area contributed by atoms with Crippen LogP contribution in [0.15, 0.2) is 36.4 Å². The van der Waals surface area contributed by atoms with Crippen LogP contribution in [-0.2, 0) is 4.74 Å². The second-order valence-electron chi connectivity index (χ2n) is 4.85. The molecule has 1 heterocycles. The Morgan fingerprint density at radius 2 is 2.06 bits per heavy atom. The molecule has 0 saturated heterocycles. The van der Waals surface area contributed by atoms with E-state index in [1.807, 2.05) is 24.3 Å². The van der Waals surface area contributed by atoms with Crippen LogP contribution in [0.5, 0.6) is 0 Å². The molecule has 1 aromatic heterocycles. The van der Waals surface area contributed by atoms with Gasteiger partial charge in [-0.25, -0.2) is 4.98 Å². The van der Waals surface area contributed by atoms with E-state index >= 15 is 0 Å². The number of benzene rings is 1. The molecule has 2 atom stereocenters. The third-order valence-electron chi connectivity index (χ3n) is 3.69. The van der Waals surface area contributed by atoms with Crippen molar-refractivity contribution in [1.29, 1.82) is 0 Å². The van der Waals surface area contributed by atoms with Crippen LogP contribution < -0.4 is 5.32 Å². The first-order valence-electron chi connectivity index (χ1n) is 6.52. The number of fused-ring (bicyclic) bond motifs is 1. The summed E-state index contributed by atoms with van der Waals surface area (Å²) in [7, 11) is 1.79. The zero-order chi connectivity index (χ0) is 12.4. The molecule has 1 N–H and O–H groups in total. The lowest BCUT2D eigenvalue weighted by Gasteiger charge is -2.20. The minimum absolute atomic E-state index is 0.318. The summed E-state index contributed by atoms with van der Waals surface area (Å²) < 4.78 is 5.49. The number of rotatable bonds is 3. The average Bonchev–Trinajstić information content (AvgIpc) is 2.86. The fraction of sp³-hybridized carbons (Fsp3) is 0.400. The molecular formula is C15H18N2O. The standard InChI is InChI=1S/C15H18N2O/c1-18-14-8-4-7-13(14)17-15-10-9-11-5-2-3-6-12(11)16-15/h2-3,5-6,9-10,13-14H,4,7-8H2,1H3,(H,16,17). The van der Waals surface area contributed by atoms with Gasteiger partial charge in [-0.05, 0) is 37.5 Å². The van der Waals surface area contributed by atoms with Gasteiger partial charge in [0.25, 0.3) is 0 Å². The lowest BCUT2D eigenvalue weighted by atomic mass is 10.2. The van der Waals surface area contributed by atoms with Crippen molar-refractivity contribution in [3.8, 4) is 0 Å². The van der Waals surface area contributed by atoms with E-state index in [2.05, 4.69) is 22.4 Å². The van der Waals surface area contributed by atoms with E-state index in [-0.39, 0.29) is 0 Å². The molecule has 2 aromatic rings. The Morgan fingerprint density at radius 3 is 2.94 bits per heavy atom. The molecule has 1 aliphatic carbocycles. The van der Waals surface area contributed by atoms with E-state index < -0.39 is 0 Å². The first-order valence-corrected chi connectivity index (χ1v) is 6.52. The maximum absolute atomic E-state index is 5.49. The summed E-state index contributed by atoms with van der Waals surface area (Å²) in [6.07, 6.45) is 3.84. The van der Waals surface area contributed by atoms with Crippen LogP contribution in [0.2, 0.25) is 0 Å². The number of nitrogens with one attached hydrogen (secondary N) is 1. The predicted molar refractivity (Wildman–Crippen MR) is 73.8 cm³/mol. The van der Waals surface area contributed by atoms with Crippen molar-refractivity contribution in [2.75, 3.05) is 12.4 Å². The fourth-order valence-corrected chi connectivity index (χ4v) is 2.71. The number of ether oxygens (including phenoxy) is 1. The van der Waals surface area contributed by atoms with E-state index in [1.165, 1.54) is 11.8 Å². The van der Waals surface area contributed by atoms with Gasteiger partial charge in [0.05, 0.1) is 17.7 Å². The summed E-state index contributed by atoms with van der Waals surface area (Å²) in [4.78, 5) is 4.64. The minimum Gasteiger partial charge on any atom is -0.379 e. The molecule has 2 unspecified atom stereocenters. The van der Waals surface area contributed by atoms with Gasteiger partial charge in [-0.2, -0.15) is 0 Å². The second kappa shape index (κ2) is 4.94. The van der Waals surface area contributed by atoms with Gasteiger partial charge in [0.2, 0.25) is 0 Å². The molecule has 1 fully saturated rings. The van der Waals surface area contributed by atoms with Crippen molar-refractivity contribution in [3.63, 3.8) is 0 Å². The fourth-order valence-electron chi connectivity index (χ4n) is 2.71. The second-order valence-corrected chi connectivity index (χ2v) is 4.85. The Kier molecular flexibility index (Phi) is 3.15. The van der Waals surface area contributed by atoms with Gasteiger partial charge in [-0.15, -0.1) is 0 Å². The van der Waals surface area contributed by atoms with Crippen molar-refractivity contribution in [3.05, 3.63) is 36.4 Å². The maximum Gasteiger partial charge on any atom is 0.126 e. The van der Waals surface area contributed by atoms with Gasteiger partial charge in [-0.1, -0.05) is 18.2 Å². The molecule has 1 aromatic carbocycles. The molecule has 0 bridgehead atoms. The largest absolute Gasteiger partial charge is 0.379 e. The predicted octanol–water partition coefficient (Wildman–Crippen LogP) is 3.21. The molecular weight excluding hydrogens is 224 g/mol. The van der Waals surface area contributed by atoms with Crippen LogP contribution in [0.25, 0.3) is 10.9 Å². The van der Waals surface area contributed by atoms with Crippen LogP contribution in [0.1, 0.15) is 19.3 Å². The van der Waals surface area contributed by atoms with Gasteiger partial charge in [0.15, 0.2) is 0 Å². The molecule has 0 radical (unpaired) electrons. The Bertz CT molecular complexity index is 541. The Labute approximate surface area is 107 Å². The molecule has 0 spiro atoms. The van der Waals surface area contributed by atoms with Crippen LogP contribution in [0, 0.1) is 0 Å². The average molecular weight is 242 g/mol. The minimum atomic E-state index is 0.318. The summed E-state index contributed by atoms with van der Waals surface area (Å²) >= 11 is 0. The van der Waals surface area contributed by atoms with Crippen LogP contribution in [0.3, 0.4) is 0 Å². The number of para-hydroxylation sites is 1. The molecule has 0 aliphatic heterocycles. The van der Waals surface area contributed by atoms with Crippen molar-refractivity contribution in [1.82, 2.24) is 4.98 Å². The normalized spacial score (nSPS) is 23.4. The van der Waals surface area contributed by atoms with Crippen LogP contribution in [0.4, 0.5) is 5.82 Å². The number of nitrogens with zero attached hydrogens (tertiary/aromatic N) is 1. The zero-order valence-corrected chi connectivity index (χ0v) is 10.6. The van der Waals surface area contributed by atoms with Crippen molar-refractivity contribution in [2.24, 2.45) is 0 Å². The van der Waals surface area contributed by atoms with E-state index in [1.54, 1.807) is 7.11 Å². The molecule has 1 saturated carbocycles. The zero-order valence-electron chi connectivity index (χ0n) is 10.6. The van der Waals surface area contributed by atoms with Crippen LogP contribution >= 0.6 is 0 Å². The highest BCUT2D eigenvalue weighted by molar-refractivity contribution is 5.80. The number of hydrogen-bond donors (Lipinski definition) is 1. The van der Waals surface area contributed by atoms with E-state index in [9.17, 15) is 0 Å². The Hall–Kier alpha value is -1.61. The van der Waals surface area contributed by atoms with Crippen LogP contribution in [-0.4, -0.2) is 24.2 Å². The topological polar surface area (TPSA) is 34.1 Å². The maximum atomic E-state index is 5.49. The number of aromatic nitrogens is 1. The van der Waals surface area contributed by atoms with Gasteiger partial charge in [0.1, 0.15) is 5.82 Å². The summed E-state index contributed by atoms with van der Waals surface area (Å²) in [5.41, 5.74) is 1.04. The molecule has 1 aliphatic rings. The van der Waals surface area contributed by atoms with Gasteiger partial charge in [0, 0.05) is 12.5 Å². The van der Waals surface area contributed by atoms with Crippen molar-refractivity contribution >= 4 is 16.7 Å². The Morgan fingerprint density at radius 1 is 1.17 bits per heavy atom. The first kappa shape index (κ1) is 11.5. The molecule has 18 heavy (non-hydrogen) atoms. The number of methoxy groups -OCH3 is 1. The Balaban J connectivity index is 1.82. The number of anilines is 1. The van der Waals surface area contributed by atoms with E-state index in [4.69, 9.17) is 4.74 Å². The van der Waals surface area contributed by atoms with E-state index in [0.717, 1.165) is 24.2 Å². The highest BCUT2D eigenvalue weighted by atomic mass is 16.5. The monoisotopic (exact) mass is 242 g/mol. The summed E-state index contributed by atoms with van der Waals surface area (Å²) in [6.45, 7) is 0. The lowest BCUT2D eigenvalue weighted by molar-refractivity contribution is 0.101. The van der Waals surface area contributed by atoms with E-state index in [0.29, 0.717) is 12.1 Å². The quantitative estimate of drug-likeness (QED) is 0.897. The number of hydrogen-bond acceptors (Lipinski definition) is 3. The van der Waals surface area contributed by atoms with Gasteiger partial charge >= 0.3 is 0 Å². The first-order chi connectivity index (χ1) is 8.86. The number of pyridine rings is 1. The molecule has 0 amide bonds. The lowest BCUT2D eigenvalue weighted by Crippen LogP contribution is -2.30. The SMILES string of the molecule is COC1CCCC1Nc1ccc2ccccc2n1. The smallest absolute Gasteiger partial charge is 0.126 e. The third-order valence-corrected chi connectivity index (χ3v) is 3.69.